The van der Waals surface area contributed by atoms with Gasteiger partial charge in [0.2, 0.25) is 0 Å². The fraction of sp³-hybridized carbons (Fsp3) is 0.0870. The van der Waals surface area contributed by atoms with Crippen LogP contribution in [0.25, 0.3) is 50.2 Å². The summed E-state index contributed by atoms with van der Waals surface area (Å²) in [6, 6.07) is 57.1. The number of nitrogens with one attached hydrogen (secondary N) is 1. The van der Waals surface area contributed by atoms with E-state index in [1.54, 1.807) is 0 Å². The van der Waals surface area contributed by atoms with Gasteiger partial charge in [-0.1, -0.05) is 147 Å². The molecule has 0 heterocycles. The van der Waals surface area contributed by atoms with Crippen LogP contribution in [0, 0.1) is 0 Å². The predicted molar refractivity (Wildman–Crippen MR) is 201 cm³/mol. The van der Waals surface area contributed by atoms with Gasteiger partial charge in [0, 0.05) is 22.4 Å². The molecule has 0 unspecified atom stereocenters. The highest BCUT2D eigenvalue weighted by Crippen LogP contribution is 2.53. The predicted octanol–water partition coefficient (Wildman–Crippen LogP) is 12.5. The topological polar surface area (TPSA) is 12.0 Å². The Morgan fingerprint density at radius 3 is 2.11 bits per heavy atom. The van der Waals surface area contributed by atoms with Crippen LogP contribution in [0.5, 0.6) is 0 Å². The second-order valence-electron chi connectivity index (χ2n) is 13.1. The van der Waals surface area contributed by atoms with Crippen molar-refractivity contribution in [3.63, 3.8) is 0 Å². The average molecular weight is 604 g/mol. The van der Waals surface area contributed by atoms with E-state index >= 15 is 0 Å². The van der Waals surface area contributed by atoms with E-state index in [-0.39, 0.29) is 5.41 Å². The third-order valence-corrected chi connectivity index (χ3v) is 9.65. The molecule has 0 radical (unpaired) electrons. The Morgan fingerprint density at radius 2 is 1.23 bits per heavy atom. The zero-order chi connectivity index (χ0) is 31.8. The standard InChI is InChI=1S/C46H37N/c1-46(2)42-26-13-25-40(45(42)41-30-35-20-6-7-21-36(35)31-43(41)46)37-22-11-16-32(28-37)14-10-15-33-17-12-23-38(29-33)47-44-27-9-8-24-39(44)34-18-4-3-5-19-34/h3-14,16-31,47H,15H2,1-2H3/b14-10+. The van der Waals surface area contributed by atoms with Gasteiger partial charge in [0.15, 0.2) is 0 Å². The van der Waals surface area contributed by atoms with E-state index < -0.39 is 0 Å². The molecule has 1 N–H and O–H groups in total. The molecule has 8 rings (SSSR count). The van der Waals surface area contributed by atoms with Crippen LogP contribution in [0.2, 0.25) is 0 Å². The minimum absolute atomic E-state index is 0.0464. The van der Waals surface area contributed by atoms with Gasteiger partial charge in [0.05, 0.1) is 0 Å². The Hall–Kier alpha value is -5.66. The zero-order valence-corrected chi connectivity index (χ0v) is 26.9. The van der Waals surface area contributed by atoms with Crippen molar-refractivity contribution in [3.05, 3.63) is 186 Å². The molecule has 47 heavy (non-hydrogen) atoms. The van der Waals surface area contributed by atoms with Gasteiger partial charge < -0.3 is 5.32 Å². The van der Waals surface area contributed by atoms with Crippen LogP contribution in [-0.4, -0.2) is 0 Å². The van der Waals surface area contributed by atoms with Crippen LogP contribution in [-0.2, 0) is 11.8 Å². The van der Waals surface area contributed by atoms with Crippen molar-refractivity contribution < 1.29 is 0 Å². The van der Waals surface area contributed by atoms with Gasteiger partial charge in [-0.15, -0.1) is 0 Å². The molecule has 0 fully saturated rings. The molecule has 0 amide bonds. The Balaban J connectivity index is 1.05. The van der Waals surface area contributed by atoms with Crippen molar-refractivity contribution in [1.82, 2.24) is 0 Å². The molecule has 1 aliphatic rings. The molecular weight excluding hydrogens is 567 g/mol. The maximum absolute atomic E-state index is 3.66. The molecule has 0 atom stereocenters. The molecule has 1 nitrogen and oxygen atoms in total. The number of allylic oxidation sites excluding steroid dienone is 1. The van der Waals surface area contributed by atoms with Crippen LogP contribution >= 0.6 is 0 Å². The summed E-state index contributed by atoms with van der Waals surface area (Å²) < 4.78 is 0. The summed E-state index contributed by atoms with van der Waals surface area (Å²) in [5.41, 5.74) is 15.1. The number of rotatable bonds is 7. The molecule has 0 spiro atoms. The molecule has 0 saturated heterocycles. The third-order valence-electron chi connectivity index (χ3n) is 9.65. The molecule has 0 saturated carbocycles. The van der Waals surface area contributed by atoms with Crippen molar-refractivity contribution >= 4 is 28.2 Å². The average Bonchev–Trinajstić information content (AvgIpc) is 3.33. The first-order valence-electron chi connectivity index (χ1n) is 16.5. The second kappa shape index (κ2) is 11.9. The van der Waals surface area contributed by atoms with Crippen molar-refractivity contribution in [2.45, 2.75) is 25.7 Å². The van der Waals surface area contributed by atoms with Crippen LogP contribution in [0.1, 0.15) is 36.1 Å². The number of hydrogen-bond donors (Lipinski definition) is 1. The second-order valence-corrected chi connectivity index (χ2v) is 13.1. The van der Waals surface area contributed by atoms with E-state index in [1.807, 2.05) is 0 Å². The smallest absolute Gasteiger partial charge is 0.0463 e. The molecule has 0 aromatic heterocycles. The number of hydrogen-bond acceptors (Lipinski definition) is 1. The molecule has 226 valence electrons. The highest BCUT2D eigenvalue weighted by atomic mass is 14.9. The number of benzene rings is 7. The quantitative estimate of drug-likeness (QED) is 0.191. The summed E-state index contributed by atoms with van der Waals surface area (Å²) in [5, 5.41) is 6.26. The number of para-hydroxylation sites is 1. The lowest BCUT2D eigenvalue weighted by atomic mass is 9.81. The molecule has 0 aliphatic heterocycles. The summed E-state index contributed by atoms with van der Waals surface area (Å²) in [4.78, 5) is 0. The Bertz CT molecular complexity index is 2270. The summed E-state index contributed by atoms with van der Waals surface area (Å²) in [5.74, 6) is 0. The lowest BCUT2D eigenvalue weighted by Crippen LogP contribution is -2.14. The largest absolute Gasteiger partial charge is 0.355 e. The van der Waals surface area contributed by atoms with Crippen LogP contribution < -0.4 is 5.32 Å². The number of fused-ring (bicyclic) bond motifs is 4. The normalized spacial score (nSPS) is 13.1. The van der Waals surface area contributed by atoms with Crippen LogP contribution in [0.3, 0.4) is 0 Å². The Morgan fingerprint density at radius 1 is 0.532 bits per heavy atom. The van der Waals surface area contributed by atoms with Crippen LogP contribution in [0.15, 0.2) is 164 Å². The van der Waals surface area contributed by atoms with E-state index in [9.17, 15) is 0 Å². The zero-order valence-electron chi connectivity index (χ0n) is 26.9. The fourth-order valence-electron chi connectivity index (χ4n) is 7.25. The summed E-state index contributed by atoms with van der Waals surface area (Å²) in [6.07, 6.45) is 5.38. The lowest BCUT2D eigenvalue weighted by Gasteiger charge is -2.22. The van der Waals surface area contributed by atoms with Crippen molar-refractivity contribution in [1.29, 1.82) is 0 Å². The van der Waals surface area contributed by atoms with Gasteiger partial charge in [-0.2, -0.15) is 0 Å². The summed E-state index contributed by atoms with van der Waals surface area (Å²) in [6.45, 7) is 4.73. The van der Waals surface area contributed by atoms with Gasteiger partial charge in [-0.3, -0.25) is 0 Å². The highest BCUT2D eigenvalue weighted by Gasteiger charge is 2.37. The molecular formula is C46H37N. The minimum atomic E-state index is -0.0464. The molecule has 0 bridgehead atoms. The Kier molecular flexibility index (Phi) is 7.31. The SMILES string of the molecule is CC1(C)c2cc3ccccc3cc2-c2c(-c3cccc(/C=C/Cc4cccc(Nc5ccccc5-c5ccccc5)c4)c3)cccc21. The number of anilines is 2. The molecule has 7 aromatic carbocycles. The third kappa shape index (κ3) is 5.45. The molecule has 7 aromatic rings. The van der Waals surface area contributed by atoms with Gasteiger partial charge in [-0.05, 0) is 104 Å². The van der Waals surface area contributed by atoms with E-state index in [0.717, 1.165) is 17.8 Å². The Labute approximate surface area is 277 Å². The first-order chi connectivity index (χ1) is 23.0. The van der Waals surface area contributed by atoms with E-state index in [2.05, 4.69) is 189 Å². The lowest BCUT2D eigenvalue weighted by molar-refractivity contribution is 0.661. The highest BCUT2D eigenvalue weighted by molar-refractivity contribution is 5.98. The van der Waals surface area contributed by atoms with E-state index in [1.165, 1.54) is 66.4 Å². The molecule has 1 heteroatoms. The van der Waals surface area contributed by atoms with Gasteiger partial charge >= 0.3 is 0 Å². The first kappa shape index (κ1) is 28.8. The maximum atomic E-state index is 3.66. The maximum Gasteiger partial charge on any atom is 0.0463 e. The first-order valence-corrected chi connectivity index (χ1v) is 16.5. The van der Waals surface area contributed by atoms with Gasteiger partial charge in [0.1, 0.15) is 0 Å². The summed E-state index contributed by atoms with van der Waals surface area (Å²) >= 11 is 0. The molecule has 1 aliphatic carbocycles. The van der Waals surface area contributed by atoms with Crippen molar-refractivity contribution in [3.8, 4) is 33.4 Å². The monoisotopic (exact) mass is 603 g/mol. The van der Waals surface area contributed by atoms with Crippen LogP contribution in [0.4, 0.5) is 11.4 Å². The summed E-state index contributed by atoms with van der Waals surface area (Å²) in [7, 11) is 0. The van der Waals surface area contributed by atoms with Crippen molar-refractivity contribution in [2.75, 3.05) is 5.32 Å². The van der Waals surface area contributed by atoms with Crippen molar-refractivity contribution in [2.24, 2.45) is 0 Å². The minimum Gasteiger partial charge on any atom is -0.355 e. The van der Waals surface area contributed by atoms with E-state index in [4.69, 9.17) is 0 Å². The van der Waals surface area contributed by atoms with Gasteiger partial charge in [-0.25, -0.2) is 0 Å². The fourth-order valence-corrected chi connectivity index (χ4v) is 7.25. The van der Waals surface area contributed by atoms with E-state index in [0.29, 0.717) is 0 Å². The van der Waals surface area contributed by atoms with Gasteiger partial charge in [0.25, 0.3) is 0 Å².